The quantitative estimate of drug-likeness (QED) is 0.520. The van der Waals surface area contributed by atoms with Gasteiger partial charge in [0.2, 0.25) is 0 Å². The van der Waals surface area contributed by atoms with Crippen molar-refractivity contribution < 1.29 is 32.6 Å². The minimum Gasteiger partial charge on any atom is -0.490 e. The molecule has 1 N–H and O–H groups in total. The van der Waals surface area contributed by atoms with Crippen LogP contribution in [0.15, 0.2) is 36.5 Å². The van der Waals surface area contributed by atoms with Crippen LogP contribution in [0.2, 0.25) is 5.15 Å². The first-order valence-corrected chi connectivity index (χ1v) is 8.53. The lowest BCUT2D eigenvalue weighted by Crippen LogP contribution is -2.30. The van der Waals surface area contributed by atoms with E-state index in [4.69, 9.17) is 21.1 Å². The van der Waals surface area contributed by atoms with E-state index in [9.17, 15) is 18.4 Å². The van der Waals surface area contributed by atoms with Crippen molar-refractivity contribution in [3.63, 3.8) is 0 Å². The van der Waals surface area contributed by atoms with Gasteiger partial charge < -0.3 is 19.5 Å². The van der Waals surface area contributed by atoms with Crippen LogP contribution in [0.5, 0.6) is 11.5 Å². The van der Waals surface area contributed by atoms with E-state index in [-0.39, 0.29) is 34.5 Å². The smallest absolute Gasteiger partial charge is 0.387 e. The van der Waals surface area contributed by atoms with Gasteiger partial charge in [0.05, 0.1) is 17.9 Å². The molecule has 10 heteroatoms. The number of nitrogens with zero attached hydrogens (tertiary/aromatic N) is 1. The highest BCUT2D eigenvalue weighted by atomic mass is 35.5. The molecule has 150 valence electrons. The van der Waals surface area contributed by atoms with E-state index in [1.54, 1.807) is 13.0 Å². The average Bonchev–Trinajstić information content (AvgIpc) is 2.64. The van der Waals surface area contributed by atoms with Crippen molar-refractivity contribution in [3.05, 3.63) is 47.2 Å². The van der Waals surface area contributed by atoms with Crippen LogP contribution in [0.4, 0.5) is 14.5 Å². The highest BCUT2D eigenvalue weighted by Crippen LogP contribution is 2.30. The molecule has 0 saturated carbocycles. The molecule has 7 nitrogen and oxygen atoms in total. The number of anilines is 1. The fraction of sp³-hybridized carbons (Fsp3) is 0.278. The van der Waals surface area contributed by atoms with Crippen LogP contribution < -0.4 is 14.8 Å². The summed E-state index contributed by atoms with van der Waals surface area (Å²) in [5.41, 5.74) is 0.272. The first kappa shape index (κ1) is 21.4. The van der Waals surface area contributed by atoms with Crippen molar-refractivity contribution in [1.82, 2.24) is 4.98 Å². The molecule has 1 atom stereocenters. The van der Waals surface area contributed by atoms with Crippen molar-refractivity contribution >= 4 is 29.2 Å². The van der Waals surface area contributed by atoms with Gasteiger partial charge in [-0.2, -0.15) is 8.78 Å². The van der Waals surface area contributed by atoms with E-state index >= 15 is 0 Å². The molecule has 0 bridgehead atoms. The number of pyridine rings is 1. The van der Waals surface area contributed by atoms with E-state index in [1.165, 1.54) is 31.3 Å². The summed E-state index contributed by atoms with van der Waals surface area (Å²) in [7, 11) is 0. The summed E-state index contributed by atoms with van der Waals surface area (Å²) in [6.45, 7) is 0.144. The van der Waals surface area contributed by atoms with Gasteiger partial charge in [0.15, 0.2) is 22.8 Å². The number of benzene rings is 1. The van der Waals surface area contributed by atoms with Gasteiger partial charge >= 0.3 is 12.6 Å². The second-order valence-electron chi connectivity index (χ2n) is 5.35. The molecule has 0 spiro atoms. The SMILES string of the molecule is CCOc1cc(C(=O)O[C@H](C)C(=O)Nc2cccnc2Cl)ccc1OC(F)F. The van der Waals surface area contributed by atoms with Gasteiger partial charge in [-0.15, -0.1) is 0 Å². The van der Waals surface area contributed by atoms with Crippen molar-refractivity contribution in [2.75, 3.05) is 11.9 Å². The molecule has 0 unspecified atom stereocenters. The Morgan fingerprint density at radius 2 is 2.00 bits per heavy atom. The molecule has 0 radical (unpaired) electrons. The van der Waals surface area contributed by atoms with E-state index in [0.717, 1.165) is 6.07 Å². The zero-order valence-electron chi connectivity index (χ0n) is 14.9. The molecule has 0 aliphatic carbocycles. The van der Waals surface area contributed by atoms with Crippen LogP contribution in [-0.2, 0) is 9.53 Å². The van der Waals surface area contributed by atoms with Gasteiger partial charge in [-0.25, -0.2) is 9.78 Å². The summed E-state index contributed by atoms with van der Waals surface area (Å²) in [5.74, 6) is -1.72. The second kappa shape index (κ2) is 9.84. The van der Waals surface area contributed by atoms with E-state index in [0.29, 0.717) is 0 Å². The summed E-state index contributed by atoms with van der Waals surface area (Å²) < 4.78 is 39.5. The van der Waals surface area contributed by atoms with Crippen molar-refractivity contribution in [2.45, 2.75) is 26.6 Å². The Labute approximate surface area is 164 Å². The first-order valence-electron chi connectivity index (χ1n) is 8.15. The van der Waals surface area contributed by atoms with E-state index in [1.807, 2.05) is 0 Å². The minimum atomic E-state index is -3.04. The number of halogens is 3. The predicted octanol–water partition coefficient (Wildman–Crippen LogP) is 3.92. The first-order chi connectivity index (χ1) is 13.3. The molecule has 28 heavy (non-hydrogen) atoms. The monoisotopic (exact) mass is 414 g/mol. The van der Waals surface area contributed by atoms with Gasteiger partial charge in [0, 0.05) is 6.20 Å². The number of carbonyl (C=O) groups excluding carboxylic acids is 2. The molecule has 2 aromatic rings. The maximum Gasteiger partial charge on any atom is 0.387 e. The number of aromatic nitrogens is 1. The summed E-state index contributed by atoms with van der Waals surface area (Å²) in [6.07, 6.45) is 0.301. The fourth-order valence-electron chi connectivity index (χ4n) is 2.09. The molecular weight excluding hydrogens is 398 g/mol. The summed E-state index contributed by atoms with van der Waals surface area (Å²) in [4.78, 5) is 28.3. The average molecular weight is 415 g/mol. The molecule has 1 aromatic carbocycles. The Balaban J connectivity index is 2.07. The normalized spacial score (nSPS) is 11.6. The lowest BCUT2D eigenvalue weighted by atomic mass is 10.2. The largest absolute Gasteiger partial charge is 0.490 e. The van der Waals surface area contributed by atoms with Gasteiger partial charge in [-0.3, -0.25) is 4.79 Å². The van der Waals surface area contributed by atoms with Gasteiger partial charge in [-0.05, 0) is 44.2 Å². The lowest BCUT2D eigenvalue weighted by molar-refractivity contribution is -0.123. The number of rotatable bonds is 8. The third-order valence-corrected chi connectivity index (χ3v) is 3.67. The van der Waals surface area contributed by atoms with E-state index < -0.39 is 24.6 Å². The molecule has 0 aliphatic rings. The van der Waals surface area contributed by atoms with Crippen molar-refractivity contribution in [1.29, 1.82) is 0 Å². The van der Waals surface area contributed by atoms with Gasteiger partial charge in [0.25, 0.3) is 5.91 Å². The Morgan fingerprint density at radius 3 is 2.64 bits per heavy atom. The Hall–Kier alpha value is -2.94. The van der Waals surface area contributed by atoms with Crippen LogP contribution >= 0.6 is 11.6 Å². The standard InChI is InChI=1S/C18H17ClF2N2O5/c1-3-26-14-9-11(6-7-13(14)28-18(20)21)17(25)27-10(2)16(24)23-12-5-4-8-22-15(12)19/h4-10,18H,3H2,1-2H3,(H,23,24)/t10-/m1/s1. The van der Waals surface area contributed by atoms with Gasteiger partial charge in [-0.1, -0.05) is 11.6 Å². The molecule has 0 fully saturated rings. The Kier molecular flexibility index (Phi) is 7.51. The van der Waals surface area contributed by atoms with Crippen molar-refractivity contribution in [3.8, 4) is 11.5 Å². The molecular formula is C18H17ClF2N2O5. The third-order valence-electron chi connectivity index (χ3n) is 3.37. The molecule has 1 aromatic heterocycles. The topological polar surface area (TPSA) is 86.8 Å². The van der Waals surface area contributed by atoms with Crippen LogP contribution in [0.3, 0.4) is 0 Å². The minimum absolute atomic E-state index is 0.00382. The lowest BCUT2D eigenvalue weighted by Gasteiger charge is -2.15. The number of esters is 1. The zero-order valence-corrected chi connectivity index (χ0v) is 15.7. The van der Waals surface area contributed by atoms with Crippen molar-refractivity contribution in [2.24, 2.45) is 0 Å². The molecule has 1 amide bonds. The van der Waals surface area contributed by atoms with Crippen LogP contribution in [-0.4, -0.2) is 36.2 Å². The van der Waals surface area contributed by atoms with Gasteiger partial charge in [0.1, 0.15) is 0 Å². The number of ether oxygens (including phenoxy) is 3. The Morgan fingerprint density at radius 1 is 1.25 bits per heavy atom. The summed E-state index contributed by atoms with van der Waals surface area (Å²) >= 11 is 5.86. The molecule has 0 aliphatic heterocycles. The zero-order chi connectivity index (χ0) is 20.7. The second-order valence-corrected chi connectivity index (χ2v) is 5.71. The molecule has 1 heterocycles. The summed E-state index contributed by atoms with van der Waals surface area (Å²) in [5, 5.41) is 2.58. The maximum atomic E-state index is 12.4. The highest BCUT2D eigenvalue weighted by molar-refractivity contribution is 6.32. The van der Waals surface area contributed by atoms with Crippen LogP contribution in [0.1, 0.15) is 24.2 Å². The number of alkyl halides is 2. The number of amides is 1. The molecule has 0 saturated heterocycles. The third kappa shape index (κ3) is 5.78. The van der Waals surface area contributed by atoms with Crippen LogP contribution in [0, 0.1) is 0 Å². The Bertz CT molecular complexity index is 850. The van der Waals surface area contributed by atoms with Crippen LogP contribution in [0.25, 0.3) is 0 Å². The number of nitrogens with one attached hydrogen (secondary N) is 1. The van der Waals surface area contributed by atoms with E-state index in [2.05, 4.69) is 15.0 Å². The molecule has 2 rings (SSSR count). The highest BCUT2D eigenvalue weighted by Gasteiger charge is 2.21. The maximum absolute atomic E-state index is 12.4. The fourth-order valence-corrected chi connectivity index (χ4v) is 2.26. The predicted molar refractivity (Wildman–Crippen MR) is 97.0 cm³/mol. The number of hydrogen-bond donors (Lipinski definition) is 1. The number of hydrogen-bond acceptors (Lipinski definition) is 6. The summed E-state index contributed by atoms with van der Waals surface area (Å²) in [6, 6.07) is 6.71. The number of carbonyl (C=O) groups is 2.